The molecule has 0 aromatic carbocycles. The molecule has 72 valence electrons. The fourth-order valence-electron chi connectivity index (χ4n) is 0.843. The van der Waals surface area contributed by atoms with Gasteiger partial charge in [0, 0.05) is 0 Å². The van der Waals surface area contributed by atoms with Crippen molar-refractivity contribution in [2.45, 2.75) is 19.0 Å². The van der Waals surface area contributed by atoms with E-state index in [1.807, 2.05) is 0 Å². The molecule has 13 heavy (non-hydrogen) atoms. The molecule has 0 unspecified atom stereocenters. The summed E-state index contributed by atoms with van der Waals surface area (Å²) < 4.78 is 36.5. The molecule has 1 aromatic rings. The summed E-state index contributed by atoms with van der Waals surface area (Å²) in [6.45, 7) is 1.39. The summed E-state index contributed by atoms with van der Waals surface area (Å²) in [4.78, 5) is 6.98. The van der Waals surface area contributed by atoms with Gasteiger partial charge in [-0.05, 0) is 13.0 Å². The van der Waals surface area contributed by atoms with Crippen LogP contribution in [0.5, 0.6) is 0 Å². The molecule has 2 nitrogen and oxygen atoms in total. The average Bonchev–Trinajstić information content (AvgIpc) is 2.01. The molecule has 0 fully saturated rings. The van der Waals surface area contributed by atoms with E-state index in [2.05, 4.69) is 9.97 Å². The van der Waals surface area contributed by atoms with Crippen LogP contribution in [0.25, 0.3) is 0 Å². The van der Waals surface area contributed by atoms with E-state index in [4.69, 9.17) is 11.6 Å². The molecular weight excluding hydrogens is 205 g/mol. The summed E-state index contributed by atoms with van der Waals surface area (Å²) >= 11 is 5.36. The second-order valence-corrected chi connectivity index (χ2v) is 2.69. The van der Waals surface area contributed by atoms with Gasteiger partial charge in [-0.1, -0.05) is 0 Å². The molecule has 1 heterocycles. The quantitative estimate of drug-likeness (QED) is 0.666. The van der Waals surface area contributed by atoms with Crippen molar-refractivity contribution in [2.24, 2.45) is 0 Å². The molecule has 0 saturated carbocycles. The number of halogens is 4. The van der Waals surface area contributed by atoms with E-state index in [1.165, 1.54) is 6.92 Å². The molecule has 0 radical (unpaired) electrons. The van der Waals surface area contributed by atoms with Crippen LogP contribution in [-0.2, 0) is 12.1 Å². The van der Waals surface area contributed by atoms with Crippen molar-refractivity contribution in [3.63, 3.8) is 0 Å². The fourth-order valence-corrected chi connectivity index (χ4v) is 0.980. The van der Waals surface area contributed by atoms with Crippen molar-refractivity contribution >= 4 is 11.6 Å². The summed E-state index contributed by atoms with van der Waals surface area (Å²) in [5.74, 6) is 0.0253. The van der Waals surface area contributed by atoms with E-state index in [1.54, 1.807) is 0 Å². The zero-order valence-corrected chi connectivity index (χ0v) is 7.45. The Morgan fingerprint density at radius 3 is 2.46 bits per heavy atom. The van der Waals surface area contributed by atoms with Gasteiger partial charge in [-0.3, -0.25) is 0 Å². The van der Waals surface area contributed by atoms with Gasteiger partial charge in [0.1, 0.15) is 11.5 Å². The van der Waals surface area contributed by atoms with Crippen LogP contribution in [0, 0.1) is 6.92 Å². The van der Waals surface area contributed by atoms with Crippen molar-refractivity contribution in [1.82, 2.24) is 9.97 Å². The Morgan fingerprint density at radius 2 is 2.00 bits per heavy atom. The number of aromatic nitrogens is 2. The van der Waals surface area contributed by atoms with Gasteiger partial charge >= 0.3 is 6.18 Å². The molecule has 0 aliphatic rings. The first-order valence-corrected chi connectivity index (χ1v) is 3.94. The fraction of sp³-hybridized carbons (Fsp3) is 0.429. The molecule has 1 aromatic heterocycles. The lowest BCUT2D eigenvalue weighted by Crippen LogP contribution is -2.10. The first-order valence-electron chi connectivity index (χ1n) is 3.41. The van der Waals surface area contributed by atoms with Crippen LogP contribution in [0.2, 0.25) is 0 Å². The number of hydrogen-bond acceptors (Lipinski definition) is 2. The Kier molecular flexibility index (Phi) is 2.75. The molecule has 0 amide bonds. The molecule has 1 rings (SSSR count). The molecular formula is C7H6ClF3N2. The van der Waals surface area contributed by atoms with E-state index < -0.39 is 11.9 Å². The van der Waals surface area contributed by atoms with E-state index in [0.717, 1.165) is 6.07 Å². The lowest BCUT2D eigenvalue weighted by molar-refractivity contribution is -0.141. The number of alkyl halides is 4. The Morgan fingerprint density at radius 1 is 1.38 bits per heavy atom. The smallest absolute Gasteiger partial charge is 0.237 e. The van der Waals surface area contributed by atoms with Crippen molar-refractivity contribution in [3.05, 3.63) is 23.3 Å². The predicted octanol–water partition coefficient (Wildman–Crippen LogP) is 2.54. The summed E-state index contributed by atoms with van der Waals surface area (Å²) in [6.07, 6.45) is -4.44. The molecule has 0 aliphatic carbocycles. The van der Waals surface area contributed by atoms with Crippen LogP contribution in [0.1, 0.15) is 17.2 Å². The highest BCUT2D eigenvalue weighted by Gasteiger charge is 2.33. The Balaban J connectivity index is 3.16. The molecule has 0 bridgehead atoms. The highest BCUT2D eigenvalue weighted by molar-refractivity contribution is 6.16. The van der Waals surface area contributed by atoms with Gasteiger partial charge in [-0.25, -0.2) is 9.97 Å². The SMILES string of the molecule is Cc1nc(CCl)cc(C(F)(F)F)n1. The topological polar surface area (TPSA) is 25.8 Å². The van der Waals surface area contributed by atoms with Crippen molar-refractivity contribution in [1.29, 1.82) is 0 Å². The van der Waals surface area contributed by atoms with Crippen LogP contribution in [0.15, 0.2) is 6.07 Å². The van der Waals surface area contributed by atoms with E-state index in [0.29, 0.717) is 0 Å². The van der Waals surface area contributed by atoms with E-state index in [9.17, 15) is 13.2 Å². The predicted molar refractivity (Wildman–Crippen MR) is 41.3 cm³/mol. The summed E-state index contributed by atoms with van der Waals surface area (Å²) in [6, 6.07) is 0.847. The van der Waals surface area contributed by atoms with Gasteiger partial charge in [-0.15, -0.1) is 11.6 Å². The van der Waals surface area contributed by atoms with Crippen molar-refractivity contribution in [2.75, 3.05) is 0 Å². The van der Waals surface area contributed by atoms with Gasteiger partial charge in [-0.2, -0.15) is 13.2 Å². The number of nitrogens with zero attached hydrogens (tertiary/aromatic N) is 2. The molecule has 6 heteroatoms. The lowest BCUT2D eigenvalue weighted by atomic mass is 10.3. The van der Waals surface area contributed by atoms with Crippen LogP contribution < -0.4 is 0 Å². The normalized spacial score (nSPS) is 11.8. The largest absolute Gasteiger partial charge is 0.433 e. The first-order chi connectivity index (χ1) is 5.93. The maximum atomic E-state index is 12.2. The maximum Gasteiger partial charge on any atom is 0.433 e. The van der Waals surface area contributed by atoms with Crippen LogP contribution in [-0.4, -0.2) is 9.97 Å². The third-order valence-electron chi connectivity index (χ3n) is 1.32. The van der Waals surface area contributed by atoms with Gasteiger partial charge in [0.15, 0.2) is 0 Å². The van der Waals surface area contributed by atoms with Gasteiger partial charge in [0.05, 0.1) is 11.6 Å². The van der Waals surface area contributed by atoms with Gasteiger partial charge in [0.2, 0.25) is 0 Å². The zero-order chi connectivity index (χ0) is 10.1. The van der Waals surface area contributed by atoms with Gasteiger partial charge in [0.25, 0.3) is 0 Å². The lowest BCUT2D eigenvalue weighted by Gasteiger charge is -2.06. The minimum atomic E-state index is -4.44. The Labute approximate surface area is 77.8 Å². The first kappa shape index (κ1) is 10.2. The van der Waals surface area contributed by atoms with Crippen molar-refractivity contribution < 1.29 is 13.2 Å². The Bertz CT molecular complexity index is 311. The van der Waals surface area contributed by atoms with Crippen LogP contribution >= 0.6 is 11.6 Å². The van der Waals surface area contributed by atoms with Crippen molar-refractivity contribution in [3.8, 4) is 0 Å². The summed E-state index contributed by atoms with van der Waals surface area (Å²) in [7, 11) is 0. The highest BCUT2D eigenvalue weighted by Crippen LogP contribution is 2.27. The third-order valence-corrected chi connectivity index (χ3v) is 1.59. The molecule has 0 aliphatic heterocycles. The van der Waals surface area contributed by atoms with E-state index in [-0.39, 0.29) is 17.4 Å². The number of rotatable bonds is 1. The maximum absolute atomic E-state index is 12.2. The summed E-state index contributed by atoms with van der Waals surface area (Å²) in [5, 5.41) is 0. The highest BCUT2D eigenvalue weighted by atomic mass is 35.5. The molecule has 0 N–H and O–H groups in total. The minimum absolute atomic E-state index is 0.0492. The monoisotopic (exact) mass is 210 g/mol. The minimum Gasteiger partial charge on any atom is -0.237 e. The zero-order valence-electron chi connectivity index (χ0n) is 6.69. The van der Waals surface area contributed by atoms with Gasteiger partial charge < -0.3 is 0 Å². The standard InChI is InChI=1S/C7H6ClF3N2/c1-4-12-5(3-8)2-6(13-4)7(9,10)11/h2H,3H2,1H3. The number of aryl methyl sites for hydroxylation is 1. The molecule has 0 atom stereocenters. The van der Waals surface area contributed by atoms with Crippen LogP contribution in [0.4, 0.5) is 13.2 Å². The van der Waals surface area contributed by atoms with Crippen LogP contribution in [0.3, 0.4) is 0 Å². The summed E-state index contributed by atoms with van der Waals surface area (Å²) in [5.41, 5.74) is -0.767. The second kappa shape index (κ2) is 3.49. The molecule has 0 saturated heterocycles. The second-order valence-electron chi connectivity index (χ2n) is 2.42. The third kappa shape index (κ3) is 2.55. The number of hydrogen-bond donors (Lipinski definition) is 0. The molecule has 0 spiro atoms. The Hall–Kier alpha value is -0.840. The average molecular weight is 211 g/mol. The van der Waals surface area contributed by atoms with E-state index >= 15 is 0 Å².